The molecule has 1 aliphatic carbocycles. The zero-order valence-corrected chi connectivity index (χ0v) is 21.1. The van der Waals surface area contributed by atoms with E-state index in [0.29, 0.717) is 0 Å². The predicted octanol–water partition coefficient (Wildman–Crippen LogP) is 6.52. The van der Waals surface area contributed by atoms with E-state index in [2.05, 4.69) is 71.9 Å². The zero-order chi connectivity index (χ0) is 24.3. The van der Waals surface area contributed by atoms with E-state index in [-0.39, 0.29) is 6.09 Å². The number of amides is 1. The largest absolute Gasteiger partial charge is 0.443 e. The monoisotopic (exact) mass is 459 g/mol. The Labute approximate surface area is 204 Å². The van der Waals surface area contributed by atoms with Gasteiger partial charge in [0.2, 0.25) is 0 Å². The summed E-state index contributed by atoms with van der Waals surface area (Å²) in [5.41, 5.74) is 8.41. The number of anilines is 2. The first-order chi connectivity index (χ1) is 16.2. The van der Waals surface area contributed by atoms with Gasteiger partial charge in [-0.3, -0.25) is 4.90 Å². The number of fused-ring (bicyclic) bond motifs is 2. The van der Waals surface area contributed by atoms with Crippen molar-refractivity contribution in [3.8, 4) is 0 Å². The van der Waals surface area contributed by atoms with Crippen LogP contribution in [-0.4, -0.2) is 36.7 Å². The third-order valence-corrected chi connectivity index (χ3v) is 6.44. The van der Waals surface area contributed by atoms with Gasteiger partial charge < -0.3 is 15.0 Å². The minimum atomic E-state index is -0.490. The molecule has 1 amide bonds. The number of carbonyl (C=O) groups excluding carboxylic acids is 1. The highest BCUT2D eigenvalue weighted by molar-refractivity contribution is 5.72. The van der Waals surface area contributed by atoms with Gasteiger partial charge in [-0.05, 0) is 87.8 Å². The highest BCUT2D eigenvalue weighted by atomic mass is 16.6. The fourth-order valence-corrected chi connectivity index (χ4v) is 4.81. The average Bonchev–Trinajstić information content (AvgIpc) is 3.52. The highest BCUT2D eigenvalue weighted by Gasteiger charge is 2.29. The maximum Gasteiger partial charge on any atom is 0.414 e. The van der Waals surface area contributed by atoms with Crippen molar-refractivity contribution >= 4 is 17.5 Å². The predicted molar refractivity (Wildman–Crippen MR) is 140 cm³/mol. The van der Waals surface area contributed by atoms with E-state index in [1.807, 2.05) is 27.8 Å². The summed E-state index contributed by atoms with van der Waals surface area (Å²) in [4.78, 5) is 16.5. The second-order valence-electron chi connectivity index (χ2n) is 10.2. The fourth-order valence-electron chi connectivity index (χ4n) is 4.81. The Hall–Kier alpha value is -3.21. The topological polar surface area (TPSA) is 44.8 Å². The number of nitrogens with zero attached hydrogens (tertiary/aromatic N) is 2. The van der Waals surface area contributed by atoms with E-state index in [4.69, 9.17) is 4.74 Å². The number of allylic oxidation sites excluding steroid dienone is 2. The SMILES string of the molecule is CC1=C(N(C)C(=O)OC(C)(C)C)/C(=C/N2CCc3ccccc32)CC1.c1ccc2c(c1)CCN2. The van der Waals surface area contributed by atoms with Crippen molar-refractivity contribution in [1.82, 2.24) is 4.90 Å². The summed E-state index contributed by atoms with van der Waals surface area (Å²) >= 11 is 0. The van der Waals surface area contributed by atoms with Crippen LogP contribution in [0.2, 0.25) is 0 Å². The summed E-state index contributed by atoms with van der Waals surface area (Å²) in [7, 11) is 1.81. The zero-order valence-electron chi connectivity index (χ0n) is 21.1. The van der Waals surface area contributed by atoms with Crippen LogP contribution in [0.5, 0.6) is 0 Å². The summed E-state index contributed by atoms with van der Waals surface area (Å²) in [5, 5.41) is 3.30. The Kier molecular flexibility index (Phi) is 7.01. The van der Waals surface area contributed by atoms with Crippen LogP contribution in [0, 0.1) is 0 Å². The number of rotatable bonds is 2. The molecule has 2 aromatic rings. The van der Waals surface area contributed by atoms with Crippen molar-refractivity contribution in [2.75, 3.05) is 30.4 Å². The molecule has 0 spiro atoms. The summed E-state index contributed by atoms with van der Waals surface area (Å²) in [5.74, 6) is 0. The van der Waals surface area contributed by atoms with Gasteiger partial charge in [-0.2, -0.15) is 0 Å². The molecule has 180 valence electrons. The second-order valence-corrected chi connectivity index (χ2v) is 10.2. The number of para-hydroxylation sites is 2. The van der Waals surface area contributed by atoms with Gasteiger partial charge in [0.15, 0.2) is 0 Å². The van der Waals surface area contributed by atoms with Crippen molar-refractivity contribution in [2.45, 2.75) is 59.0 Å². The van der Waals surface area contributed by atoms with Gasteiger partial charge in [0.05, 0.1) is 5.70 Å². The first kappa shape index (κ1) is 23.9. The molecule has 2 aromatic carbocycles. The molecule has 5 heteroatoms. The van der Waals surface area contributed by atoms with Crippen LogP contribution in [0.1, 0.15) is 51.7 Å². The van der Waals surface area contributed by atoms with Crippen LogP contribution in [-0.2, 0) is 17.6 Å². The number of hydrogen-bond donors (Lipinski definition) is 1. The smallest absolute Gasteiger partial charge is 0.414 e. The van der Waals surface area contributed by atoms with E-state index in [1.165, 1.54) is 40.1 Å². The Morgan fingerprint density at radius 2 is 1.71 bits per heavy atom. The van der Waals surface area contributed by atoms with Gasteiger partial charge in [-0.25, -0.2) is 4.79 Å². The molecule has 5 nitrogen and oxygen atoms in total. The van der Waals surface area contributed by atoms with E-state index in [1.54, 1.807) is 4.90 Å². The van der Waals surface area contributed by atoms with Crippen LogP contribution in [0.15, 0.2) is 71.6 Å². The van der Waals surface area contributed by atoms with Crippen LogP contribution in [0.4, 0.5) is 16.2 Å². The van der Waals surface area contributed by atoms with Gasteiger partial charge in [0.25, 0.3) is 0 Å². The summed E-state index contributed by atoms with van der Waals surface area (Å²) in [6.07, 6.45) is 6.14. The van der Waals surface area contributed by atoms with Gasteiger partial charge in [-0.1, -0.05) is 36.4 Å². The molecule has 0 fully saturated rings. The molecule has 2 aliphatic heterocycles. The van der Waals surface area contributed by atoms with E-state index in [9.17, 15) is 4.79 Å². The fraction of sp³-hybridized carbons (Fsp3) is 0.414. The van der Waals surface area contributed by atoms with Crippen molar-refractivity contribution in [1.29, 1.82) is 0 Å². The first-order valence-corrected chi connectivity index (χ1v) is 12.3. The van der Waals surface area contributed by atoms with Crippen LogP contribution in [0.25, 0.3) is 0 Å². The normalized spacial score (nSPS) is 17.7. The third-order valence-electron chi connectivity index (χ3n) is 6.44. The Balaban J connectivity index is 0.000000252. The lowest BCUT2D eigenvalue weighted by molar-refractivity contribution is 0.0356. The number of nitrogens with one attached hydrogen (secondary N) is 1. The van der Waals surface area contributed by atoms with Gasteiger partial charge in [0, 0.05) is 37.7 Å². The minimum Gasteiger partial charge on any atom is -0.443 e. The van der Waals surface area contributed by atoms with Gasteiger partial charge in [0.1, 0.15) is 5.60 Å². The van der Waals surface area contributed by atoms with Crippen molar-refractivity contribution < 1.29 is 9.53 Å². The van der Waals surface area contributed by atoms with E-state index in [0.717, 1.165) is 38.0 Å². The molecular formula is C29H37N3O2. The van der Waals surface area contributed by atoms with Crippen molar-refractivity contribution in [3.05, 3.63) is 82.7 Å². The molecule has 0 radical (unpaired) electrons. The Morgan fingerprint density at radius 1 is 1.00 bits per heavy atom. The molecular weight excluding hydrogens is 422 g/mol. The molecule has 1 N–H and O–H groups in total. The molecule has 0 bridgehead atoms. The van der Waals surface area contributed by atoms with E-state index < -0.39 is 5.60 Å². The highest BCUT2D eigenvalue weighted by Crippen LogP contribution is 2.36. The number of benzene rings is 2. The summed E-state index contributed by atoms with van der Waals surface area (Å²) < 4.78 is 5.55. The molecule has 0 saturated carbocycles. The molecule has 0 atom stereocenters. The Morgan fingerprint density at radius 3 is 2.44 bits per heavy atom. The van der Waals surface area contributed by atoms with Crippen LogP contribution < -0.4 is 10.2 Å². The summed E-state index contributed by atoms with van der Waals surface area (Å²) in [6, 6.07) is 17.0. The lowest BCUT2D eigenvalue weighted by atomic mass is 10.1. The first-order valence-electron chi connectivity index (χ1n) is 12.3. The number of likely N-dealkylation sites (N-methyl/N-ethyl adjacent to an activating group) is 1. The molecule has 0 saturated heterocycles. The number of carbonyl (C=O) groups is 1. The Bertz CT molecular complexity index is 1090. The summed E-state index contributed by atoms with van der Waals surface area (Å²) in [6.45, 7) is 9.89. The van der Waals surface area contributed by atoms with Crippen molar-refractivity contribution in [3.63, 3.8) is 0 Å². The molecule has 0 unspecified atom stereocenters. The van der Waals surface area contributed by atoms with Crippen molar-refractivity contribution in [2.24, 2.45) is 0 Å². The standard InChI is InChI=1S/C21H28N2O2.C8H9N/c1-15-10-11-17(19(15)22(5)20(24)25-21(2,3)4)14-23-13-12-16-8-6-7-9-18(16)23;1-2-4-8-7(3-1)5-6-9-8/h6-9,14H,10-13H2,1-5H3;1-4,9H,5-6H2/b17-14+;. The van der Waals surface area contributed by atoms with Crippen LogP contribution in [0.3, 0.4) is 0 Å². The molecule has 5 rings (SSSR count). The van der Waals surface area contributed by atoms with Gasteiger partial charge in [-0.15, -0.1) is 0 Å². The van der Waals surface area contributed by atoms with E-state index >= 15 is 0 Å². The molecule has 2 heterocycles. The minimum absolute atomic E-state index is 0.295. The quantitative estimate of drug-likeness (QED) is 0.555. The molecule has 0 aromatic heterocycles. The maximum atomic E-state index is 12.5. The molecule has 34 heavy (non-hydrogen) atoms. The number of ether oxygens (including phenoxy) is 1. The third kappa shape index (κ3) is 5.46. The lowest BCUT2D eigenvalue weighted by Gasteiger charge is -2.27. The average molecular weight is 460 g/mol. The second kappa shape index (κ2) is 9.96. The van der Waals surface area contributed by atoms with Crippen LogP contribution >= 0.6 is 0 Å². The number of hydrogen-bond acceptors (Lipinski definition) is 4. The maximum absolute atomic E-state index is 12.5. The lowest BCUT2D eigenvalue weighted by Crippen LogP contribution is -2.34. The van der Waals surface area contributed by atoms with Gasteiger partial charge >= 0.3 is 6.09 Å². The molecule has 3 aliphatic rings.